The summed E-state index contributed by atoms with van der Waals surface area (Å²) >= 11 is 0. The van der Waals surface area contributed by atoms with Crippen LogP contribution in [0.4, 0.5) is 5.82 Å². The Hall–Kier alpha value is -3.21. The lowest BCUT2D eigenvalue weighted by atomic mass is 9.86. The van der Waals surface area contributed by atoms with Gasteiger partial charge < -0.3 is 10.4 Å². The van der Waals surface area contributed by atoms with Crippen LogP contribution in [0, 0.1) is 12.8 Å². The van der Waals surface area contributed by atoms with Gasteiger partial charge in [-0.25, -0.2) is 9.97 Å². The fourth-order valence-electron chi connectivity index (χ4n) is 4.36. The minimum absolute atomic E-state index is 0.0838. The van der Waals surface area contributed by atoms with E-state index >= 15 is 0 Å². The summed E-state index contributed by atoms with van der Waals surface area (Å²) in [4.78, 5) is 22.2. The van der Waals surface area contributed by atoms with Gasteiger partial charge in [-0.05, 0) is 55.5 Å². The van der Waals surface area contributed by atoms with Crippen molar-refractivity contribution in [2.45, 2.75) is 72.1 Å². The highest BCUT2D eigenvalue weighted by atomic mass is 16.3. The number of aryl methyl sites for hydroxylation is 2. The van der Waals surface area contributed by atoms with E-state index in [4.69, 9.17) is 4.98 Å². The number of hydrogen-bond donors (Lipinski definition) is 2. The molecule has 0 spiro atoms. The Morgan fingerprint density at radius 1 is 1.00 bits per heavy atom. The molecule has 2 N–H and O–H groups in total. The number of amides is 1. The molecule has 1 fully saturated rings. The predicted molar refractivity (Wildman–Crippen MR) is 139 cm³/mol. The Morgan fingerprint density at radius 2 is 1.68 bits per heavy atom. The molecule has 2 aromatic carbocycles. The van der Waals surface area contributed by atoms with Crippen molar-refractivity contribution in [3.05, 3.63) is 71.5 Å². The zero-order chi connectivity index (χ0) is 24.3. The number of aromatic hydroxyl groups is 1. The van der Waals surface area contributed by atoms with E-state index in [1.54, 1.807) is 18.3 Å². The van der Waals surface area contributed by atoms with Crippen LogP contribution in [0.5, 0.6) is 5.75 Å². The SMILES string of the molecule is CC.Cc1ccc(CC(=O)Nc2ncc(-c3ccc(O)cc3)nc2CCC2CCCCC2)cc1. The van der Waals surface area contributed by atoms with Gasteiger partial charge in [-0.2, -0.15) is 0 Å². The molecular formula is C29H37N3O2. The number of aromatic nitrogens is 2. The van der Waals surface area contributed by atoms with Gasteiger partial charge in [-0.15, -0.1) is 0 Å². The monoisotopic (exact) mass is 459 g/mol. The largest absolute Gasteiger partial charge is 0.508 e. The average molecular weight is 460 g/mol. The van der Waals surface area contributed by atoms with E-state index in [1.807, 2.05) is 57.2 Å². The van der Waals surface area contributed by atoms with Gasteiger partial charge in [0.25, 0.3) is 0 Å². The van der Waals surface area contributed by atoms with Gasteiger partial charge in [-0.3, -0.25) is 4.79 Å². The minimum atomic E-state index is -0.0838. The fraction of sp³-hybridized carbons (Fsp3) is 0.414. The Morgan fingerprint density at radius 3 is 2.35 bits per heavy atom. The molecule has 180 valence electrons. The normalized spacial score (nSPS) is 13.6. The first kappa shape index (κ1) is 25.4. The predicted octanol–water partition coefficient (Wildman–Crippen LogP) is 6.88. The lowest BCUT2D eigenvalue weighted by Crippen LogP contribution is -2.18. The van der Waals surface area contributed by atoms with E-state index in [0.717, 1.165) is 41.3 Å². The molecule has 0 saturated heterocycles. The molecule has 1 amide bonds. The van der Waals surface area contributed by atoms with Crippen LogP contribution in [0.15, 0.2) is 54.7 Å². The molecule has 1 aromatic heterocycles. The third-order valence-corrected chi connectivity index (χ3v) is 6.27. The van der Waals surface area contributed by atoms with Crippen LogP contribution in [-0.2, 0) is 17.6 Å². The lowest BCUT2D eigenvalue weighted by Gasteiger charge is -2.21. The Balaban J connectivity index is 0.00000158. The van der Waals surface area contributed by atoms with Gasteiger partial charge >= 0.3 is 0 Å². The number of anilines is 1. The lowest BCUT2D eigenvalue weighted by molar-refractivity contribution is -0.115. The molecule has 0 aliphatic heterocycles. The molecule has 0 bridgehead atoms. The van der Waals surface area contributed by atoms with Crippen molar-refractivity contribution in [2.75, 3.05) is 5.32 Å². The maximum absolute atomic E-state index is 12.7. The van der Waals surface area contributed by atoms with Crippen molar-refractivity contribution in [3.8, 4) is 17.0 Å². The zero-order valence-corrected chi connectivity index (χ0v) is 20.7. The standard InChI is InChI=1S/C27H31N3O2.C2H6/c1-19-7-9-21(10-8-19)17-26(32)30-27-24(16-11-20-5-3-2-4-6-20)29-25(18-28-27)22-12-14-23(31)15-13-22;1-2/h7-10,12-15,18,20,31H,2-6,11,16-17H2,1H3,(H,28,30,32);1-2H3. The van der Waals surface area contributed by atoms with Crippen LogP contribution in [0.3, 0.4) is 0 Å². The number of phenols is 1. The second-order valence-corrected chi connectivity index (χ2v) is 8.85. The molecular weight excluding hydrogens is 422 g/mol. The van der Waals surface area contributed by atoms with E-state index in [9.17, 15) is 9.90 Å². The molecule has 34 heavy (non-hydrogen) atoms. The highest BCUT2D eigenvalue weighted by Gasteiger charge is 2.17. The molecule has 1 saturated carbocycles. The summed E-state index contributed by atoms with van der Waals surface area (Å²) in [6.07, 6.45) is 10.4. The molecule has 1 heterocycles. The summed E-state index contributed by atoms with van der Waals surface area (Å²) in [5.41, 5.74) is 4.63. The van der Waals surface area contributed by atoms with E-state index < -0.39 is 0 Å². The van der Waals surface area contributed by atoms with Crippen LogP contribution in [-0.4, -0.2) is 21.0 Å². The number of nitrogens with one attached hydrogen (secondary N) is 1. The number of carbonyl (C=O) groups excluding carboxylic acids is 1. The van der Waals surface area contributed by atoms with Gasteiger partial charge in [0.1, 0.15) is 5.75 Å². The molecule has 3 aromatic rings. The molecule has 0 unspecified atom stereocenters. The molecule has 0 radical (unpaired) electrons. The maximum Gasteiger partial charge on any atom is 0.229 e. The summed E-state index contributed by atoms with van der Waals surface area (Å²) in [7, 11) is 0. The van der Waals surface area contributed by atoms with Crippen molar-refractivity contribution in [1.29, 1.82) is 0 Å². The zero-order valence-electron chi connectivity index (χ0n) is 20.7. The van der Waals surface area contributed by atoms with Crippen LogP contribution < -0.4 is 5.32 Å². The minimum Gasteiger partial charge on any atom is -0.508 e. The molecule has 5 heteroatoms. The van der Waals surface area contributed by atoms with Crippen molar-refractivity contribution < 1.29 is 9.90 Å². The number of hydrogen-bond acceptors (Lipinski definition) is 4. The van der Waals surface area contributed by atoms with E-state index in [-0.39, 0.29) is 11.7 Å². The molecule has 4 rings (SSSR count). The summed E-state index contributed by atoms with van der Waals surface area (Å²) in [6, 6.07) is 15.0. The van der Waals surface area contributed by atoms with Gasteiger partial charge in [0.2, 0.25) is 5.91 Å². The van der Waals surface area contributed by atoms with E-state index in [0.29, 0.717) is 12.2 Å². The Labute approximate surface area is 203 Å². The van der Waals surface area contributed by atoms with Gasteiger partial charge in [0, 0.05) is 5.56 Å². The first-order valence-corrected chi connectivity index (χ1v) is 12.6. The molecule has 1 aliphatic carbocycles. The summed E-state index contributed by atoms with van der Waals surface area (Å²) < 4.78 is 0. The van der Waals surface area contributed by atoms with Crippen molar-refractivity contribution in [3.63, 3.8) is 0 Å². The third-order valence-electron chi connectivity index (χ3n) is 6.27. The second-order valence-electron chi connectivity index (χ2n) is 8.85. The van der Waals surface area contributed by atoms with E-state index in [2.05, 4.69) is 10.3 Å². The van der Waals surface area contributed by atoms with Crippen molar-refractivity contribution in [1.82, 2.24) is 9.97 Å². The first-order valence-electron chi connectivity index (χ1n) is 12.6. The van der Waals surface area contributed by atoms with Crippen molar-refractivity contribution >= 4 is 11.7 Å². The molecule has 5 nitrogen and oxygen atoms in total. The highest BCUT2D eigenvalue weighted by molar-refractivity contribution is 5.92. The van der Waals surface area contributed by atoms with Crippen LogP contribution in [0.25, 0.3) is 11.3 Å². The van der Waals surface area contributed by atoms with Gasteiger partial charge in [0.15, 0.2) is 5.82 Å². The number of benzene rings is 2. The summed E-state index contributed by atoms with van der Waals surface area (Å²) in [5, 5.41) is 12.6. The third kappa shape index (κ3) is 7.41. The first-order chi connectivity index (χ1) is 16.6. The van der Waals surface area contributed by atoms with Gasteiger partial charge in [0.05, 0.1) is 24.0 Å². The number of rotatable bonds is 7. The maximum atomic E-state index is 12.7. The van der Waals surface area contributed by atoms with E-state index in [1.165, 1.54) is 37.7 Å². The Bertz CT molecular complexity index is 1040. The smallest absolute Gasteiger partial charge is 0.229 e. The molecule has 0 atom stereocenters. The van der Waals surface area contributed by atoms with Gasteiger partial charge in [-0.1, -0.05) is 75.8 Å². The fourth-order valence-corrected chi connectivity index (χ4v) is 4.36. The summed E-state index contributed by atoms with van der Waals surface area (Å²) in [6.45, 7) is 6.04. The number of nitrogens with zero attached hydrogens (tertiary/aromatic N) is 2. The number of carbonyl (C=O) groups is 1. The topological polar surface area (TPSA) is 75.1 Å². The Kier molecular flexibility index (Phi) is 9.62. The molecule has 1 aliphatic rings. The average Bonchev–Trinajstić information content (AvgIpc) is 2.87. The second kappa shape index (κ2) is 12.9. The number of phenolic OH excluding ortho intramolecular Hbond substituents is 1. The van der Waals surface area contributed by atoms with Crippen molar-refractivity contribution in [2.24, 2.45) is 5.92 Å². The van der Waals surface area contributed by atoms with Crippen LogP contribution >= 0.6 is 0 Å². The highest BCUT2D eigenvalue weighted by Crippen LogP contribution is 2.29. The van der Waals surface area contributed by atoms with Crippen LogP contribution in [0.2, 0.25) is 0 Å². The summed E-state index contributed by atoms with van der Waals surface area (Å²) in [5.74, 6) is 1.41. The van der Waals surface area contributed by atoms with Crippen LogP contribution in [0.1, 0.15) is 69.2 Å². The quantitative estimate of drug-likeness (QED) is 0.404.